The molecule has 2 N–H and O–H groups in total. The Morgan fingerprint density at radius 3 is 2.69 bits per heavy atom. The highest BCUT2D eigenvalue weighted by Crippen LogP contribution is 2.18. The van der Waals surface area contributed by atoms with Gasteiger partial charge in [0.15, 0.2) is 5.96 Å². The molecular formula is C22H32N6O. The second kappa shape index (κ2) is 10.1. The standard InChI is InChI=1S/C22H32N6O/c1-4-23-22(24-13-9-15-27-14-8-12-21(27)29)25-16-20-17(2)26-28(18(20)3)19-10-6-5-7-11-19/h5-7,10-11H,4,8-9,12-16H2,1-3H3,(H2,23,24,25). The van der Waals surface area contributed by atoms with Crippen LogP contribution in [0.25, 0.3) is 5.69 Å². The van der Waals surface area contributed by atoms with E-state index in [9.17, 15) is 4.79 Å². The third-order valence-electron chi connectivity index (χ3n) is 5.25. The number of nitrogens with one attached hydrogen (secondary N) is 2. The maximum Gasteiger partial charge on any atom is 0.222 e. The molecule has 0 unspecified atom stereocenters. The summed E-state index contributed by atoms with van der Waals surface area (Å²) in [5.74, 6) is 1.08. The van der Waals surface area contributed by atoms with Crippen LogP contribution in [0.4, 0.5) is 0 Å². The lowest BCUT2D eigenvalue weighted by atomic mass is 10.2. The summed E-state index contributed by atoms with van der Waals surface area (Å²) < 4.78 is 1.98. The van der Waals surface area contributed by atoms with Crippen LogP contribution in [0.5, 0.6) is 0 Å². The molecule has 0 atom stereocenters. The van der Waals surface area contributed by atoms with Gasteiger partial charge >= 0.3 is 0 Å². The molecule has 0 spiro atoms. The number of aliphatic imine (C=N–C) groups is 1. The Bertz CT molecular complexity index is 842. The highest BCUT2D eigenvalue weighted by Gasteiger charge is 2.19. The van der Waals surface area contributed by atoms with Crippen LogP contribution in [0.2, 0.25) is 0 Å². The summed E-state index contributed by atoms with van der Waals surface area (Å²) in [6.07, 6.45) is 2.61. The van der Waals surface area contributed by atoms with E-state index < -0.39 is 0 Å². The van der Waals surface area contributed by atoms with Gasteiger partial charge in [0.25, 0.3) is 0 Å². The maximum absolute atomic E-state index is 11.7. The largest absolute Gasteiger partial charge is 0.357 e. The topological polar surface area (TPSA) is 74.6 Å². The molecule has 0 radical (unpaired) electrons. The van der Waals surface area contributed by atoms with Crippen LogP contribution in [0, 0.1) is 13.8 Å². The van der Waals surface area contributed by atoms with Gasteiger partial charge in [-0.2, -0.15) is 5.10 Å². The van der Waals surface area contributed by atoms with Crippen molar-refractivity contribution in [3.05, 3.63) is 47.3 Å². The van der Waals surface area contributed by atoms with Gasteiger partial charge in [-0.15, -0.1) is 0 Å². The Morgan fingerprint density at radius 2 is 2.00 bits per heavy atom. The number of hydrogen-bond acceptors (Lipinski definition) is 3. The number of para-hydroxylation sites is 1. The van der Waals surface area contributed by atoms with E-state index in [0.29, 0.717) is 13.0 Å². The van der Waals surface area contributed by atoms with Crippen LogP contribution in [0.1, 0.15) is 43.1 Å². The zero-order chi connectivity index (χ0) is 20.6. The smallest absolute Gasteiger partial charge is 0.222 e. The molecule has 0 aliphatic carbocycles. The van der Waals surface area contributed by atoms with Gasteiger partial charge in [-0.05, 0) is 45.7 Å². The van der Waals surface area contributed by atoms with Crippen LogP contribution in [0.3, 0.4) is 0 Å². The first kappa shape index (κ1) is 20.9. The van der Waals surface area contributed by atoms with Gasteiger partial charge < -0.3 is 15.5 Å². The molecule has 156 valence electrons. The Labute approximate surface area is 173 Å². The highest BCUT2D eigenvalue weighted by atomic mass is 16.2. The third-order valence-corrected chi connectivity index (χ3v) is 5.25. The molecule has 7 nitrogen and oxygen atoms in total. The number of nitrogens with zero attached hydrogens (tertiary/aromatic N) is 4. The number of likely N-dealkylation sites (tertiary alicyclic amines) is 1. The maximum atomic E-state index is 11.7. The minimum Gasteiger partial charge on any atom is -0.357 e. The van der Waals surface area contributed by atoms with E-state index in [-0.39, 0.29) is 5.91 Å². The molecule has 1 fully saturated rings. The lowest BCUT2D eigenvalue weighted by molar-refractivity contribution is -0.127. The third kappa shape index (κ3) is 5.37. The van der Waals surface area contributed by atoms with Crippen molar-refractivity contribution >= 4 is 11.9 Å². The number of benzene rings is 1. The molecule has 1 aromatic carbocycles. The number of hydrogen-bond donors (Lipinski definition) is 2. The predicted octanol–water partition coefficient (Wildman–Crippen LogP) is 2.56. The molecule has 29 heavy (non-hydrogen) atoms. The van der Waals surface area contributed by atoms with Crippen molar-refractivity contribution in [2.75, 3.05) is 26.2 Å². The van der Waals surface area contributed by atoms with Crippen LogP contribution in [0.15, 0.2) is 35.3 Å². The molecule has 1 aliphatic heterocycles. The number of rotatable bonds is 8. The fourth-order valence-corrected chi connectivity index (χ4v) is 3.64. The summed E-state index contributed by atoms with van der Waals surface area (Å²) in [4.78, 5) is 18.4. The summed E-state index contributed by atoms with van der Waals surface area (Å²) in [6.45, 7) is 10.1. The van der Waals surface area contributed by atoms with Gasteiger partial charge in [0.05, 0.1) is 17.9 Å². The quantitative estimate of drug-likeness (QED) is 0.409. The molecule has 2 heterocycles. The minimum absolute atomic E-state index is 0.284. The Morgan fingerprint density at radius 1 is 1.21 bits per heavy atom. The van der Waals surface area contributed by atoms with Gasteiger partial charge in [0.2, 0.25) is 5.91 Å². The van der Waals surface area contributed by atoms with Crippen molar-refractivity contribution in [3.63, 3.8) is 0 Å². The SMILES string of the molecule is CCNC(=NCc1c(C)nn(-c2ccccc2)c1C)NCCCN1CCCC1=O. The van der Waals surface area contributed by atoms with Gasteiger partial charge in [-0.25, -0.2) is 9.67 Å². The fraction of sp³-hybridized carbons (Fsp3) is 0.500. The van der Waals surface area contributed by atoms with E-state index in [2.05, 4.69) is 36.6 Å². The first-order valence-electron chi connectivity index (χ1n) is 10.5. The van der Waals surface area contributed by atoms with E-state index in [4.69, 9.17) is 10.1 Å². The molecular weight excluding hydrogens is 364 g/mol. The molecule has 2 aromatic rings. The Hall–Kier alpha value is -2.83. The summed E-state index contributed by atoms with van der Waals surface area (Å²) in [7, 11) is 0. The molecule has 1 aliphatic rings. The van der Waals surface area contributed by atoms with Crippen molar-refractivity contribution < 1.29 is 4.79 Å². The molecule has 1 amide bonds. The van der Waals surface area contributed by atoms with E-state index in [0.717, 1.165) is 67.6 Å². The van der Waals surface area contributed by atoms with E-state index in [1.807, 2.05) is 34.7 Å². The summed E-state index contributed by atoms with van der Waals surface area (Å²) in [6, 6.07) is 10.2. The molecule has 3 rings (SSSR count). The average Bonchev–Trinajstić information content (AvgIpc) is 3.26. The zero-order valence-electron chi connectivity index (χ0n) is 17.7. The first-order chi connectivity index (χ1) is 14.1. The van der Waals surface area contributed by atoms with Crippen LogP contribution >= 0.6 is 0 Å². The second-order valence-electron chi connectivity index (χ2n) is 7.36. The number of aryl methyl sites for hydroxylation is 1. The van der Waals surface area contributed by atoms with Crippen molar-refractivity contribution in [1.29, 1.82) is 0 Å². The molecule has 1 saturated heterocycles. The average molecular weight is 397 g/mol. The normalized spacial score (nSPS) is 14.5. The number of aromatic nitrogens is 2. The lowest BCUT2D eigenvalue weighted by Crippen LogP contribution is -2.39. The second-order valence-corrected chi connectivity index (χ2v) is 7.36. The van der Waals surface area contributed by atoms with Gasteiger partial charge in [0.1, 0.15) is 0 Å². The van der Waals surface area contributed by atoms with E-state index >= 15 is 0 Å². The molecule has 0 saturated carbocycles. The summed E-state index contributed by atoms with van der Waals surface area (Å²) >= 11 is 0. The Kier molecular flexibility index (Phi) is 7.27. The molecule has 7 heteroatoms. The minimum atomic E-state index is 0.284. The monoisotopic (exact) mass is 396 g/mol. The number of carbonyl (C=O) groups is 1. The first-order valence-corrected chi connectivity index (χ1v) is 10.5. The van der Waals surface area contributed by atoms with Crippen molar-refractivity contribution in [1.82, 2.24) is 25.3 Å². The predicted molar refractivity (Wildman–Crippen MR) is 116 cm³/mol. The van der Waals surface area contributed by atoms with E-state index in [1.165, 1.54) is 0 Å². The van der Waals surface area contributed by atoms with Gasteiger partial charge in [0, 0.05) is 43.9 Å². The lowest BCUT2D eigenvalue weighted by Gasteiger charge is -2.16. The molecule has 1 aromatic heterocycles. The Balaban J connectivity index is 1.59. The number of guanidine groups is 1. The van der Waals surface area contributed by atoms with Crippen LogP contribution in [-0.4, -0.2) is 52.7 Å². The molecule has 0 bridgehead atoms. The van der Waals surface area contributed by atoms with Crippen LogP contribution < -0.4 is 10.6 Å². The fourth-order valence-electron chi connectivity index (χ4n) is 3.64. The van der Waals surface area contributed by atoms with Gasteiger partial charge in [-0.3, -0.25) is 4.79 Å². The van der Waals surface area contributed by atoms with Crippen molar-refractivity contribution in [2.45, 2.75) is 46.6 Å². The summed E-state index contributed by atoms with van der Waals surface area (Å²) in [5, 5.41) is 11.4. The number of carbonyl (C=O) groups excluding carboxylic acids is 1. The van der Waals surface area contributed by atoms with Crippen molar-refractivity contribution in [3.8, 4) is 5.69 Å². The summed E-state index contributed by atoms with van der Waals surface area (Å²) in [5.41, 5.74) is 4.32. The van der Waals surface area contributed by atoms with Crippen molar-refractivity contribution in [2.24, 2.45) is 4.99 Å². The van der Waals surface area contributed by atoms with E-state index in [1.54, 1.807) is 0 Å². The van der Waals surface area contributed by atoms with Crippen LogP contribution in [-0.2, 0) is 11.3 Å². The number of amides is 1. The zero-order valence-corrected chi connectivity index (χ0v) is 17.7. The van der Waals surface area contributed by atoms with Gasteiger partial charge in [-0.1, -0.05) is 18.2 Å². The highest BCUT2D eigenvalue weighted by molar-refractivity contribution is 5.80.